The third-order valence-corrected chi connectivity index (χ3v) is 4.19. The van der Waals surface area contributed by atoms with Crippen LogP contribution >= 0.6 is 11.3 Å². The van der Waals surface area contributed by atoms with Gasteiger partial charge in [-0.05, 0) is 27.7 Å². The molecule has 1 N–H and O–H groups in total. The summed E-state index contributed by atoms with van der Waals surface area (Å²) in [7, 11) is 0. The third kappa shape index (κ3) is 2.76. The SMILES string of the molecule is CCn1cnnc1CNC(C)c1sc(C)nc1C. The summed E-state index contributed by atoms with van der Waals surface area (Å²) in [5, 5.41) is 12.6. The van der Waals surface area contributed by atoms with Crippen LogP contribution in [0.5, 0.6) is 0 Å². The standard InChI is InChI=1S/C12H19N5S/c1-5-17-7-14-16-11(17)6-13-8(2)12-9(3)15-10(4)18-12/h7-8,13H,5-6H2,1-4H3. The minimum absolute atomic E-state index is 0.290. The Hall–Kier alpha value is -1.27. The molecule has 0 amide bonds. The first-order valence-corrected chi connectivity index (χ1v) is 6.97. The Morgan fingerprint density at radius 1 is 1.44 bits per heavy atom. The summed E-state index contributed by atoms with van der Waals surface area (Å²) in [6, 6.07) is 0.290. The van der Waals surface area contributed by atoms with Gasteiger partial charge in [-0.2, -0.15) is 0 Å². The topological polar surface area (TPSA) is 55.6 Å². The van der Waals surface area contributed by atoms with E-state index >= 15 is 0 Å². The predicted molar refractivity (Wildman–Crippen MR) is 72.5 cm³/mol. The Labute approximate surface area is 111 Å². The van der Waals surface area contributed by atoms with Crippen LogP contribution in [0.25, 0.3) is 0 Å². The van der Waals surface area contributed by atoms with E-state index in [4.69, 9.17) is 0 Å². The van der Waals surface area contributed by atoms with Crippen LogP contribution in [0.15, 0.2) is 6.33 Å². The molecule has 0 aliphatic rings. The molecule has 5 nitrogen and oxygen atoms in total. The van der Waals surface area contributed by atoms with Gasteiger partial charge in [-0.1, -0.05) is 0 Å². The predicted octanol–water partition coefficient (Wildman–Crippen LogP) is 2.22. The number of hydrogen-bond acceptors (Lipinski definition) is 5. The molecule has 2 aromatic heterocycles. The molecule has 1 unspecified atom stereocenters. The van der Waals surface area contributed by atoms with Crippen molar-refractivity contribution in [3.8, 4) is 0 Å². The van der Waals surface area contributed by atoms with Gasteiger partial charge >= 0.3 is 0 Å². The van der Waals surface area contributed by atoms with Crippen LogP contribution < -0.4 is 5.32 Å². The van der Waals surface area contributed by atoms with Crippen LogP contribution in [-0.2, 0) is 13.1 Å². The lowest BCUT2D eigenvalue weighted by Gasteiger charge is -2.12. The average molecular weight is 265 g/mol. The van der Waals surface area contributed by atoms with E-state index in [1.165, 1.54) is 4.88 Å². The lowest BCUT2D eigenvalue weighted by molar-refractivity contribution is 0.543. The van der Waals surface area contributed by atoms with Gasteiger partial charge in [0, 0.05) is 17.5 Å². The lowest BCUT2D eigenvalue weighted by atomic mass is 10.2. The van der Waals surface area contributed by atoms with Crippen molar-refractivity contribution in [3.63, 3.8) is 0 Å². The van der Waals surface area contributed by atoms with Crippen molar-refractivity contribution < 1.29 is 0 Å². The summed E-state index contributed by atoms with van der Waals surface area (Å²) in [5.74, 6) is 0.975. The molecule has 2 heterocycles. The molecule has 0 aliphatic carbocycles. The highest BCUT2D eigenvalue weighted by Gasteiger charge is 2.13. The maximum atomic E-state index is 4.46. The maximum Gasteiger partial charge on any atom is 0.146 e. The zero-order valence-corrected chi connectivity index (χ0v) is 12.1. The Morgan fingerprint density at radius 3 is 2.83 bits per heavy atom. The number of thiazole rings is 1. The molecule has 0 aromatic carbocycles. The Balaban J connectivity index is 2.00. The largest absolute Gasteiger partial charge is 0.317 e. The van der Waals surface area contributed by atoms with Crippen LogP contribution in [0, 0.1) is 13.8 Å². The van der Waals surface area contributed by atoms with Crippen LogP contribution in [0.2, 0.25) is 0 Å². The van der Waals surface area contributed by atoms with E-state index in [9.17, 15) is 0 Å². The fourth-order valence-electron chi connectivity index (χ4n) is 1.97. The molecule has 2 rings (SSSR count). The molecule has 0 aliphatic heterocycles. The summed E-state index contributed by atoms with van der Waals surface area (Å²) in [6.07, 6.45) is 1.77. The molecule has 6 heteroatoms. The quantitative estimate of drug-likeness (QED) is 0.900. The number of nitrogens with zero attached hydrogens (tertiary/aromatic N) is 4. The lowest BCUT2D eigenvalue weighted by Crippen LogP contribution is -2.20. The first-order valence-electron chi connectivity index (χ1n) is 6.15. The Kier molecular flexibility index (Phi) is 4.08. The van der Waals surface area contributed by atoms with Crippen molar-refractivity contribution in [2.75, 3.05) is 0 Å². The van der Waals surface area contributed by atoms with Crippen LogP contribution in [0.1, 0.15) is 41.3 Å². The van der Waals surface area contributed by atoms with Gasteiger partial charge in [-0.3, -0.25) is 0 Å². The minimum Gasteiger partial charge on any atom is -0.317 e. The van der Waals surface area contributed by atoms with E-state index in [0.717, 1.165) is 29.6 Å². The number of aryl methyl sites for hydroxylation is 3. The molecule has 2 aromatic rings. The van der Waals surface area contributed by atoms with Crippen molar-refractivity contribution in [3.05, 3.63) is 27.7 Å². The van der Waals surface area contributed by atoms with E-state index in [1.807, 2.05) is 11.5 Å². The smallest absolute Gasteiger partial charge is 0.146 e. The van der Waals surface area contributed by atoms with Gasteiger partial charge in [0.2, 0.25) is 0 Å². The van der Waals surface area contributed by atoms with Crippen molar-refractivity contribution in [1.82, 2.24) is 25.1 Å². The van der Waals surface area contributed by atoms with Crippen molar-refractivity contribution in [1.29, 1.82) is 0 Å². The summed E-state index contributed by atoms with van der Waals surface area (Å²) in [5.41, 5.74) is 1.12. The first kappa shape index (κ1) is 13.2. The van der Waals surface area contributed by atoms with E-state index in [0.29, 0.717) is 6.04 Å². The Morgan fingerprint density at radius 2 is 2.22 bits per heavy atom. The Bertz CT molecular complexity index is 516. The van der Waals surface area contributed by atoms with Crippen molar-refractivity contribution in [2.24, 2.45) is 0 Å². The molecule has 1 atom stereocenters. The molecule has 0 radical (unpaired) electrons. The van der Waals surface area contributed by atoms with E-state index in [1.54, 1.807) is 17.7 Å². The fourth-order valence-corrected chi connectivity index (χ4v) is 2.92. The van der Waals surface area contributed by atoms with Gasteiger partial charge in [0.1, 0.15) is 12.2 Å². The number of rotatable bonds is 5. The minimum atomic E-state index is 0.290. The van der Waals surface area contributed by atoms with E-state index in [2.05, 4.69) is 41.3 Å². The molecule has 18 heavy (non-hydrogen) atoms. The fraction of sp³-hybridized carbons (Fsp3) is 0.583. The van der Waals surface area contributed by atoms with Crippen LogP contribution in [0.3, 0.4) is 0 Å². The van der Waals surface area contributed by atoms with Gasteiger partial charge in [-0.15, -0.1) is 21.5 Å². The number of nitrogens with one attached hydrogen (secondary N) is 1. The van der Waals surface area contributed by atoms with Crippen molar-refractivity contribution >= 4 is 11.3 Å². The average Bonchev–Trinajstić information content (AvgIpc) is 2.92. The highest BCUT2D eigenvalue weighted by molar-refractivity contribution is 7.11. The number of aromatic nitrogens is 4. The summed E-state index contributed by atoms with van der Waals surface area (Å²) in [6.45, 7) is 9.98. The summed E-state index contributed by atoms with van der Waals surface area (Å²) in [4.78, 5) is 5.76. The summed E-state index contributed by atoms with van der Waals surface area (Å²) < 4.78 is 2.05. The molecule has 0 spiro atoms. The van der Waals surface area contributed by atoms with Gasteiger partial charge in [0.15, 0.2) is 0 Å². The monoisotopic (exact) mass is 265 g/mol. The second kappa shape index (κ2) is 5.58. The zero-order chi connectivity index (χ0) is 13.1. The second-order valence-electron chi connectivity index (χ2n) is 4.32. The molecular weight excluding hydrogens is 246 g/mol. The second-order valence-corrected chi connectivity index (χ2v) is 5.55. The van der Waals surface area contributed by atoms with E-state index < -0.39 is 0 Å². The molecule has 98 valence electrons. The van der Waals surface area contributed by atoms with Crippen molar-refractivity contribution in [2.45, 2.75) is 46.8 Å². The highest BCUT2D eigenvalue weighted by Crippen LogP contribution is 2.24. The van der Waals surface area contributed by atoms with Crippen LogP contribution in [0.4, 0.5) is 0 Å². The number of hydrogen-bond donors (Lipinski definition) is 1. The molecule has 0 saturated carbocycles. The van der Waals surface area contributed by atoms with Gasteiger partial charge in [-0.25, -0.2) is 4.98 Å². The first-order chi connectivity index (χ1) is 8.61. The molecule has 0 bridgehead atoms. The van der Waals surface area contributed by atoms with E-state index in [-0.39, 0.29) is 0 Å². The third-order valence-electron chi connectivity index (χ3n) is 2.94. The normalized spacial score (nSPS) is 12.9. The summed E-state index contributed by atoms with van der Waals surface area (Å²) >= 11 is 1.75. The highest BCUT2D eigenvalue weighted by atomic mass is 32.1. The maximum absolute atomic E-state index is 4.46. The molecular formula is C12H19N5S. The molecule has 0 saturated heterocycles. The van der Waals surface area contributed by atoms with Gasteiger partial charge < -0.3 is 9.88 Å². The van der Waals surface area contributed by atoms with Gasteiger partial charge in [0.25, 0.3) is 0 Å². The zero-order valence-electron chi connectivity index (χ0n) is 11.3. The van der Waals surface area contributed by atoms with Gasteiger partial charge in [0.05, 0.1) is 17.2 Å². The van der Waals surface area contributed by atoms with Crippen LogP contribution in [-0.4, -0.2) is 19.7 Å². The molecule has 0 fully saturated rings.